The van der Waals surface area contributed by atoms with Gasteiger partial charge in [0.1, 0.15) is 0 Å². The van der Waals surface area contributed by atoms with Crippen LogP contribution in [0.15, 0.2) is 18.2 Å². The Bertz CT molecular complexity index is 504. The summed E-state index contributed by atoms with van der Waals surface area (Å²) >= 11 is 3.31. The van der Waals surface area contributed by atoms with Gasteiger partial charge in [0, 0.05) is 24.7 Å². The number of nitro benzene ring substituents is 1. The molecule has 1 unspecified atom stereocenters. The van der Waals surface area contributed by atoms with Crippen LogP contribution in [0.1, 0.15) is 17.5 Å². The Labute approximate surface area is 113 Å². The minimum atomic E-state index is -0.391. The number of amides is 1. The minimum absolute atomic E-state index is 0.0564. The predicted octanol–water partition coefficient (Wildman–Crippen LogP) is 2.40. The van der Waals surface area contributed by atoms with Gasteiger partial charge < -0.3 is 4.90 Å². The van der Waals surface area contributed by atoms with E-state index in [-0.39, 0.29) is 16.4 Å². The van der Waals surface area contributed by atoms with Crippen molar-refractivity contribution in [1.29, 1.82) is 0 Å². The average molecular weight is 313 g/mol. The second-order valence-electron chi connectivity index (χ2n) is 4.33. The number of halogens is 1. The van der Waals surface area contributed by atoms with Crippen molar-refractivity contribution in [2.24, 2.45) is 0 Å². The maximum absolute atomic E-state index is 11.8. The van der Waals surface area contributed by atoms with E-state index < -0.39 is 4.92 Å². The van der Waals surface area contributed by atoms with Crippen molar-refractivity contribution in [2.75, 3.05) is 6.54 Å². The van der Waals surface area contributed by atoms with E-state index in [4.69, 9.17) is 0 Å². The third-order valence-electron chi connectivity index (χ3n) is 3.21. The molecule has 0 spiro atoms. The predicted molar refractivity (Wildman–Crippen MR) is 70.6 cm³/mol. The zero-order valence-corrected chi connectivity index (χ0v) is 11.5. The van der Waals surface area contributed by atoms with Crippen molar-refractivity contribution in [3.05, 3.63) is 39.4 Å². The third-order valence-corrected chi connectivity index (χ3v) is 4.06. The fourth-order valence-electron chi connectivity index (χ4n) is 2.10. The van der Waals surface area contributed by atoms with Crippen molar-refractivity contribution >= 4 is 27.5 Å². The normalized spacial score (nSPS) is 19.3. The van der Waals surface area contributed by atoms with Crippen LogP contribution in [0.4, 0.5) is 5.69 Å². The molecule has 0 N–H and O–H groups in total. The number of nitro groups is 1. The SMILES string of the molecule is Cc1c(CN2CCC(Br)C2=O)cccc1[N+](=O)[O-]. The van der Waals surface area contributed by atoms with Gasteiger partial charge in [-0.25, -0.2) is 0 Å². The van der Waals surface area contributed by atoms with Crippen LogP contribution >= 0.6 is 15.9 Å². The number of carbonyl (C=O) groups is 1. The molecule has 1 heterocycles. The van der Waals surface area contributed by atoms with Crippen LogP contribution in [0.3, 0.4) is 0 Å². The highest BCUT2D eigenvalue weighted by molar-refractivity contribution is 9.10. The summed E-state index contributed by atoms with van der Waals surface area (Å²) in [6.45, 7) is 2.85. The number of alkyl halides is 1. The van der Waals surface area contributed by atoms with Crippen molar-refractivity contribution < 1.29 is 9.72 Å². The fraction of sp³-hybridized carbons (Fsp3) is 0.417. The molecule has 2 rings (SSSR count). The lowest BCUT2D eigenvalue weighted by Crippen LogP contribution is -2.27. The van der Waals surface area contributed by atoms with Crippen LogP contribution in [-0.4, -0.2) is 27.1 Å². The number of rotatable bonds is 3. The molecule has 1 aliphatic rings. The van der Waals surface area contributed by atoms with E-state index in [0.717, 1.165) is 12.0 Å². The molecule has 1 aliphatic heterocycles. The quantitative estimate of drug-likeness (QED) is 0.489. The Hall–Kier alpha value is -1.43. The number of likely N-dealkylation sites (tertiary alicyclic amines) is 1. The van der Waals surface area contributed by atoms with E-state index >= 15 is 0 Å². The summed E-state index contributed by atoms with van der Waals surface area (Å²) in [4.78, 5) is 23.9. The highest BCUT2D eigenvalue weighted by Gasteiger charge is 2.29. The molecular weight excluding hydrogens is 300 g/mol. The molecule has 0 bridgehead atoms. The second-order valence-corrected chi connectivity index (χ2v) is 5.44. The van der Waals surface area contributed by atoms with Crippen molar-refractivity contribution in [3.63, 3.8) is 0 Å². The Kier molecular flexibility index (Phi) is 3.65. The molecule has 6 heteroatoms. The van der Waals surface area contributed by atoms with Crippen LogP contribution < -0.4 is 0 Å². The lowest BCUT2D eigenvalue weighted by Gasteiger charge is -2.17. The second kappa shape index (κ2) is 5.06. The Balaban J connectivity index is 2.22. The van der Waals surface area contributed by atoms with Gasteiger partial charge in [0.15, 0.2) is 0 Å². The Morgan fingerprint density at radius 1 is 1.56 bits per heavy atom. The molecule has 96 valence electrons. The monoisotopic (exact) mass is 312 g/mol. The molecule has 18 heavy (non-hydrogen) atoms. The van der Waals surface area contributed by atoms with Crippen LogP contribution in [0.2, 0.25) is 0 Å². The summed E-state index contributed by atoms with van der Waals surface area (Å²) in [6, 6.07) is 4.97. The van der Waals surface area contributed by atoms with Gasteiger partial charge in [-0.2, -0.15) is 0 Å². The molecule has 5 nitrogen and oxygen atoms in total. The molecule has 1 saturated heterocycles. The smallest absolute Gasteiger partial charge is 0.272 e. The zero-order valence-electron chi connectivity index (χ0n) is 9.93. The van der Waals surface area contributed by atoms with Gasteiger partial charge >= 0.3 is 0 Å². The summed E-state index contributed by atoms with van der Waals surface area (Å²) in [6.07, 6.45) is 0.785. The fourth-order valence-corrected chi connectivity index (χ4v) is 2.60. The van der Waals surface area contributed by atoms with Crippen molar-refractivity contribution in [3.8, 4) is 0 Å². The van der Waals surface area contributed by atoms with Crippen LogP contribution in [0, 0.1) is 17.0 Å². The number of nitrogens with zero attached hydrogens (tertiary/aromatic N) is 2. The molecule has 0 saturated carbocycles. The summed E-state index contributed by atoms with van der Waals surface area (Å²) in [7, 11) is 0. The Morgan fingerprint density at radius 3 is 2.83 bits per heavy atom. The molecule has 0 radical (unpaired) electrons. The third kappa shape index (κ3) is 2.38. The summed E-state index contributed by atoms with van der Waals surface area (Å²) in [5.74, 6) is 0.0564. The lowest BCUT2D eigenvalue weighted by molar-refractivity contribution is -0.385. The number of carbonyl (C=O) groups excluding carboxylic acids is 1. The van der Waals surface area contributed by atoms with Gasteiger partial charge in [-0.3, -0.25) is 14.9 Å². The van der Waals surface area contributed by atoms with E-state index in [1.165, 1.54) is 6.07 Å². The first-order chi connectivity index (χ1) is 8.50. The van der Waals surface area contributed by atoms with Crippen LogP contribution in [-0.2, 0) is 11.3 Å². The molecule has 1 aromatic carbocycles. The maximum atomic E-state index is 11.8. The number of hydrogen-bond donors (Lipinski definition) is 0. The molecule has 1 fully saturated rings. The van der Waals surface area contributed by atoms with Gasteiger partial charge in [-0.15, -0.1) is 0 Å². The first kappa shape index (κ1) is 13.0. The van der Waals surface area contributed by atoms with E-state index in [1.54, 1.807) is 17.9 Å². The number of hydrogen-bond acceptors (Lipinski definition) is 3. The van der Waals surface area contributed by atoms with Gasteiger partial charge in [0.25, 0.3) is 5.69 Å². The summed E-state index contributed by atoms with van der Waals surface area (Å²) < 4.78 is 0. The standard InChI is InChI=1S/C12H13BrN2O3/c1-8-9(3-2-4-11(8)15(17)18)7-14-6-5-10(13)12(14)16/h2-4,10H,5-7H2,1H3. The first-order valence-corrected chi connectivity index (χ1v) is 6.58. The van der Waals surface area contributed by atoms with Gasteiger partial charge in [-0.05, 0) is 18.9 Å². The highest BCUT2D eigenvalue weighted by Crippen LogP contribution is 2.25. The summed E-state index contributed by atoms with van der Waals surface area (Å²) in [5, 5.41) is 10.8. The van der Waals surface area contributed by atoms with E-state index in [2.05, 4.69) is 15.9 Å². The molecule has 1 atom stereocenters. The van der Waals surface area contributed by atoms with E-state index in [0.29, 0.717) is 18.7 Å². The van der Waals surface area contributed by atoms with E-state index in [1.807, 2.05) is 6.07 Å². The molecular formula is C12H13BrN2O3. The van der Waals surface area contributed by atoms with Gasteiger partial charge in [0.05, 0.1) is 9.75 Å². The van der Waals surface area contributed by atoms with Gasteiger partial charge in [-0.1, -0.05) is 28.1 Å². The molecule has 1 amide bonds. The lowest BCUT2D eigenvalue weighted by atomic mass is 10.1. The Morgan fingerprint density at radius 2 is 2.28 bits per heavy atom. The first-order valence-electron chi connectivity index (χ1n) is 5.66. The minimum Gasteiger partial charge on any atom is -0.337 e. The molecule has 1 aromatic rings. The van der Waals surface area contributed by atoms with Gasteiger partial charge in [0.2, 0.25) is 5.91 Å². The largest absolute Gasteiger partial charge is 0.337 e. The van der Waals surface area contributed by atoms with Crippen molar-refractivity contribution in [2.45, 2.75) is 24.7 Å². The van der Waals surface area contributed by atoms with Crippen LogP contribution in [0.25, 0.3) is 0 Å². The molecule has 0 aliphatic carbocycles. The van der Waals surface area contributed by atoms with Crippen LogP contribution in [0.5, 0.6) is 0 Å². The average Bonchev–Trinajstić information content (AvgIpc) is 2.63. The topological polar surface area (TPSA) is 63.5 Å². The summed E-state index contributed by atoms with van der Waals surface area (Å²) in [5.41, 5.74) is 1.57. The van der Waals surface area contributed by atoms with E-state index in [9.17, 15) is 14.9 Å². The molecule has 0 aromatic heterocycles. The highest BCUT2D eigenvalue weighted by atomic mass is 79.9. The number of benzene rings is 1. The zero-order chi connectivity index (χ0) is 13.3. The van der Waals surface area contributed by atoms with Crippen molar-refractivity contribution in [1.82, 2.24) is 4.90 Å². The maximum Gasteiger partial charge on any atom is 0.272 e.